The van der Waals surface area contributed by atoms with Crippen LogP contribution >= 0.6 is 24.0 Å². The quantitative estimate of drug-likeness (QED) is 0.364. The molecule has 1 aromatic carbocycles. The van der Waals surface area contributed by atoms with Crippen LogP contribution in [-0.4, -0.2) is 38.2 Å². The van der Waals surface area contributed by atoms with Gasteiger partial charge in [-0.3, -0.25) is 4.99 Å². The van der Waals surface area contributed by atoms with Gasteiger partial charge in [-0.2, -0.15) is 0 Å². The third-order valence-corrected chi connectivity index (χ3v) is 4.91. The first-order valence-electron chi connectivity index (χ1n) is 9.51. The van der Waals surface area contributed by atoms with E-state index in [4.69, 9.17) is 4.74 Å². The Morgan fingerprint density at radius 2 is 2.04 bits per heavy atom. The molecule has 1 unspecified atom stereocenters. The van der Waals surface area contributed by atoms with E-state index in [1.54, 1.807) is 20.4 Å². The predicted octanol–water partition coefficient (Wildman–Crippen LogP) is 3.73. The summed E-state index contributed by atoms with van der Waals surface area (Å²) in [4.78, 5) is 11.0. The number of hydrogen-bond donors (Lipinski definition) is 2. The molecule has 2 heterocycles. The average molecular weight is 495 g/mol. The zero-order valence-electron chi connectivity index (χ0n) is 16.8. The average Bonchev–Trinajstić information content (AvgIpc) is 3.26. The molecule has 2 aromatic rings. The first-order valence-corrected chi connectivity index (χ1v) is 9.51. The van der Waals surface area contributed by atoms with Gasteiger partial charge < -0.3 is 20.3 Å². The highest BCUT2D eigenvalue weighted by atomic mass is 127. The van der Waals surface area contributed by atoms with Crippen LogP contribution in [0.15, 0.2) is 47.6 Å². The fourth-order valence-corrected chi connectivity index (χ4v) is 3.37. The molecule has 1 aliphatic rings. The van der Waals surface area contributed by atoms with E-state index in [-0.39, 0.29) is 30.0 Å². The van der Waals surface area contributed by atoms with Crippen LogP contribution in [-0.2, 0) is 6.54 Å². The van der Waals surface area contributed by atoms with Crippen molar-refractivity contribution in [1.29, 1.82) is 0 Å². The Kier molecular flexibility index (Phi) is 8.82. The topological polar surface area (TPSA) is 61.8 Å². The lowest BCUT2D eigenvalue weighted by atomic mass is 10.1. The van der Waals surface area contributed by atoms with E-state index in [0.29, 0.717) is 12.4 Å². The molecule has 0 amide bonds. The second-order valence-electron chi connectivity index (χ2n) is 6.75. The van der Waals surface area contributed by atoms with Crippen LogP contribution < -0.4 is 20.3 Å². The summed E-state index contributed by atoms with van der Waals surface area (Å²) in [6.45, 7) is 5.06. The van der Waals surface area contributed by atoms with Gasteiger partial charge in [-0.15, -0.1) is 24.0 Å². The van der Waals surface area contributed by atoms with Gasteiger partial charge in [0.2, 0.25) is 5.88 Å². The molecule has 152 valence electrons. The number of ether oxygens (including phenoxy) is 1. The number of methoxy groups -OCH3 is 1. The van der Waals surface area contributed by atoms with Crippen LogP contribution in [0.25, 0.3) is 0 Å². The van der Waals surface area contributed by atoms with Crippen LogP contribution in [0.5, 0.6) is 5.88 Å². The van der Waals surface area contributed by atoms with Gasteiger partial charge in [0.25, 0.3) is 0 Å². The van der Waals surface area contributed by atoms with Gasteiger partial charge >= 0.3 is 0 Å². The summed E-state index contributed by atoms with van der Waals surface area (Å²) in [5.41, 5.74) is 3.55. The summed E-state index contributed by atoms with van der Waals surface area (Å²) >= 11 is 0. The molecule has 1 fully saturated rings. The highest BCUT2D eigenvalue weighted by molar-refractivity contribution is 14.0. The number of anilines is 1. The number of halogens is 1. The van der Waals surface area contributed by atoms with Crippen LogP contribution in [0.4, 0.5) is 5.69 Å². The molecule has 2 N–H and O–H groups in total. The molecule has 1 aromatic heterocycles. The van der Waals surface area contributed by atoms with Crippen molar-refractivity contribution in [3.8, 4) is 5.88 Å². The Balaban J connectivity index is 0.00000280. The van der Waals surface area contributed by atoms with E-state index in [1.807, 2.05) is 12.1 Å². The number of hydrogen-bond acceptors (Lipinski definition) is 4. The number of nitrogens with zero attached hydrogens (tertiary/aromatic N) is 3. The lowest BCUT2D eigenvalue weighted by Crippen LogP contribution is -2.38. The molecule has 1 saturated heterocycles. The van der Waals surface area contributed by atoms with E-state index in [2.05, 4.69) is 56.7 Å². The summed E-state index contributed by atoms with van der Waals surface area (Å²) in [7, 11) is 3.41. The second-order valence-corrected chi connectivity index (χ2v) is 6.75. The molecule has 3 rings (SSSR count). The van der Waals surface area contributed by atoms with Gasteiger partial charge in [-0.1, -0.05) is 18.2 Å². The Morgan fingerprint density at radius 3 is 2.75 bits per heavy atom. The van der Waals surface area contributed by atoms with Crippen molar-refractivity contribution in [2.75, 3.05) is 32.1 Å². The molecule has 0 spiro atoms. The van der Waals surface area contributed by atoms with Crippen molar-refractivity contribution in [3.05, 3.63) is 53.7 Å². The van der Waals surface area contributed by atoms with E-state index in [9.17, 15) is 0 Å². The minimum absolute atomic E-state index is 0. The Hall–Kier alpha value is -2.03. The third kappa shape index (κ3) is 5.73. The Bertz CT molecular complexity index is 777. The zero-order chi connectivity index (χ0) is 19.1. The molecular weight excluding hydrogens is 465 g/mol. The van der Waals surface area contributed by atoms with Crippen LogP contribution in [0.1, 0.15) is 36.9 Å². The second kappa shape index (κ2) is 11.1. The van der Waals surface area contributed by atoms with Gasteiger partial charge in [0.05, 0.1) is 13.2 Å². The third-order valence-electron chi connectivity index (χ3n) is 4.91. The minimum atomic E-state index is 0. The lowest BCUT2D eigenvalue weighted by molar-refractivity contribution is 0.392. The molecule has 0 radical (unpaired) electrons. The number of benzene rings is 1. The number of rotatable bonds is 6. The standard InChI is InChI=1S/C21H29N5O.HI/c1-16(17-8-6-10-19(14-17)26-12-4-5-13-26)25-21(22-2)24-15-18-9-7-11-23-20(18)27-3;/h6-11,14,16H,4-5,12-13,15H2,1-3H3,(H2,22,24,25);1H. The highest BCUT2D eigenvalue weighted by Gasteiger charge is 2.14. The molecule has 6 nitrogen and oxygen atoms in total. The zero-order valence-corrected chi connectivity index (χ0v) is 19.1. The maximum Gasteiger partial charge on any atom is 0.218 e. The van der Waals surface area contributed by atoms with E-state index < -0.39 is 0 Å². The summed E-state index contributed by atoms with van der Waals surface area (Å²) in [5, 5.41) is 6.81. The summed E-state index contributed by atoms with van der Waals surface area (Å²) in [6, 6.07) is 12.8. The minimum Gasteiger partial charge on any atom is -0.481 e. The number of aromatic nitrogens is 1. The summed E-state index contributed by atoms with van der Waals surface area (Å²) in [5.74, 6) is 1.38. The first-order chi connectivity index (χ1) is 13.2. The first kappa shape index (κ1) is 22.3. The molecule has 7 heteroatoms. The van der Waals surface area contributed by atoms with Crippen molar-refractivity contribution >= 4 is 35.6 Å². The van der Waals surface area contributed by atoms with Crippen molar-refractivity contribution < 1.29 is 4.74 Å². The van der Waals surface area contributed by atoms with Gasteiger partial charge in [-0.25, -0.2) is 4.98 Å². The molecule has 28 heavy (non-hydrogen) atoms. The smallest absolute Gasteiger partial charge is 0.218 e. The van der Waals surface area contributed by atoms with Crippen LogP contribution in [0.2, 0.25) is 0 Å². The van der Waals surface area contributed by atoms with E-state index in [1.165, 1.54) is 24.1 Å². The monoisotopic (exact) mass is 495 g/mol. The summed E-state index contributed by atoms with van der Waals surface area (Å²) < 4.78 is 5.31. The lowest BCUT2D eigenvalue weighted by Gasteiger charge is -2.22. The number of pyridine rings is 1. The van der Waals surface area contributed by atoms with Crippen molar-refractivity contribution in [2.45, 2.75) is 32.4 Å². The van der Waals surface area contributed by atoms with Crippen molar-refractivity contribution in [2.24, 2.45) is 4.99 Å². The molecule has 0 saturated carbocycles. The van der Waals surface area contributed by atoms with Gasteiger partial charge in [-0.05, 0) is 43.5 Å². The molecule has 0 aliphatic carbocycles. The predicted molar refractivity (Wildman–Crippen MR) is 126 cm³/mol. The molecule has 0 bridgehead atoms. The Morgan fingerprint density at radius 1 is 1.25 bits per heavy atom. The van der Waals surface area contributed by atoms with Gasteiger partial charge in [0.1, 0.15) is 0 Å². The van der Waals surface area contributed by atoms with Crippen molar-refractivity contribution in [1.82, 2.24) is 15.6 Å². The van der Waals surface area contributed by atoms with E-state index >= 15 is 0 Å². The molecule has 1 aliphatic heterocycles. The highest BCUT2D eigenvalue weighted by Crippen LogP contribution is 2.24. The fourth-order valence-electron chi connectivity index (χ4n) is 3.37. The largest absolute Gasteiger partial charge is 0.481 e. The maximum absolute atomic E-state index is 5.31. The van der Waals surface area contributed by atoms with Gasteiger partial charge in [0, 0.05) is 44.1 Å². The normalized spacial score (nSPS) is 15.0. The molecular formula is C21H30IN5O. The van der Waals surface area contributed by atoms with Gasteiger partial charge in [0.15, 0.2) is 5.96 Å². The summed E-state index contributed by atoms with van der Waals surface area (Å²) in [6.07, 6.45) is 4.30. The number of guanidine groups is 1. The number of aliphatic imine (C=N–C) groups is 1. The molecule has 1 atom stereocenters. The van der Waals surface area contributed by atoms with Crippen LogP contribution in [0.3, 0.4) is 0 Å². The number of nitrogens with one attached hydrogen (secondary N) is 2. The maximum atomic E-state index is 5.31. The fraction of sp³-hybridized carbons (Fsp3) is 0.429. The SMILES string of the molecule is CN=C(NCc1cccnc1OC)NC(C)c1cccc(N2CCCC2)c1.I. The van der Waals surface area contributed by atoms with E-state index in [0.717, 1.165) is 24.6 Å². The van der Waals surface area contributed by atoms with Crippen LogP contribution in [0, 0.1) is 0 Å². The Labute approximate surface area is 184 Å². The van der Waals surface area contributed by atoms with Crippen molar-refractivity contribution in [3.63, 3.8) is 0 Å².